The van der Waals surface area contributed by atoms with Crippen LogP contribution in [0.15, 0.2) is 0 Å². The van der Waals surface area contributed by atoms with Gasteiger partial charge >= 0.3 is 25.7 Å². The Morgan fingerprint density at radius 3 is 1.04 bits per heavy atom. The molecule has 554 valence electrons. The van der Waals surface area contributed by atoms with Gasteiger partial charge in [0, 0.05) is 19.3 Å². The highest BCUT2D eigenvalue weighted by Crippen LogP contribution is 2.49. The van der Waals surface area contributed by atoms with E-state index in [1.807, 2.05) is 0 Å². The molecule has 0 spiro atoms. The highest BCUT2D eigenvalue weighted by molar-refractivity contribution is 7.47. The Balaban J connectivity index is 1.75. The first kappa shape index (κ1) is 86.2. The van der Waals surface area contributed by atoms with Crippen molar-refractivity contribution in [2.45, 2.75) is 395 Å². The minimum Gasteiger partial charge on any atom is -0.463 e. The van der Waals surface area contributed by atoms with Gasteiger partial charge in [-0.3, -0.25) is 23.4 Å². The van der Waals surface area contributed by atoms with Gasteiger partial charge in [-0.15, -0.1) is 0 Å². The Morgan fingerprint density at radius 1 is 0.372 bits per heavy atom. The molecule has 3 aliphatic rings. The van der Waals surface area contributed by atoms with E-state index >= 15 is 0 Å². The molecule has 18 atom stereocenters. The topological polar surface area (TPSA) is 374 Å². The standard InChI is InChI=1S/C69H129O24P/c1-4-7-10-13-16-19-22-25-28-31-34-37-40-43-53(71)85-47-50(88-55(73)45-42-39-36-33-30-27-24-21-18-15-12-9-6-3)48-87-94(83,84)93-67-65(91-68-63(81)58(76)56(74)51(46-70)89-68)61(79)60(78)62(80)66(67)92-69-64(82)59(77)57(75)52(90-69)49-86-54(72)44-41-38-35-32-29-26-23-20-17-14-11-8-5-2/h50-52,56-70,74-82H,4-49H2,1-3H3,(H,83,84). The molecule has 3 rings (SSSR count). The van der Waals surface area contributed by atoms with Crippen molar-refractivity contribution in [1.29, 1.82) is 0 Å². The molecule has 2 saturated heterocycles. The zero-order valence-corrected chi connectivity index (χ0v) is 58.4. The van der Waals surface area contributed by atoms with Gasteiger partial charge in [0.15, 0.2) is 18.7 Å². The molecule has 0 aromatic rings. The zero-order valence-electron chi connectivity index (χ0n) is 57.5. The number of aliphatic hydroxyl groups excluding tert-OH is 10. The maximum absolute atomic E-state index is 14.3. The van der Waals surface area contributed by atoms with E-state index in [1.54, 1.807) is 0 Å². The molecular formula is C69H129O24P. The van der Waals surface area contributed by atoms with Crippen LogP contribution in [-0.2, 0) is 61.2 Å². The summed E-state index contributed by atoms with van der Waals surface area (Å²) in [7, 11) is -5.69. The number of carbonyl (C=O) groups excluding carboxylic acids is 3. The van der Waals surface area contributed by atoms with Gasteiger partial charge in [-0.25, -0.2) is 4.57 Å². The van der Waals surface area contributed by atoms with Crippen LogP contribution in [0, 0.1) is 0 Å². The molecule has 2 aliphatic heterocycles. The average Bonchev–Trinajstić information content (AvgIpc) is 0.765. The molecule has 18 unspecified atom stereocenters. The first-order valence-corrected chi connectivity index (χ1v) is 38.3. The molecule has 1 saturated carbocycles. The van der Waals surface area contributed by atoms with Crippen molar-refractivity contribution < 1.29 is 117 Å². The van der Waals surface area contributed by atoms with Gasteiger partial charge in [-0.1, -0.05) is 252 Å². The van der Waals surface area contributed by atoms with Crippen molar-refractivity contribution in [3.8, 4) is 0 Å². The summed E-state index contributed by atoms with van der Waals surface area (Å²) < 4.78 is 64.9. The Morgan fingerprint density at radius 2 is 0.681 bits per heavy atom. The Hall–Kier alpha value is -2.04. The monoisotopic (exact) mass is 1370 g/mol. The van der Waals surface area contributed by atoms with Gasteiger partial charge in [-0.2, -0.15) is 0 Å². The summed E-state index contributed by atoms with van der Waals surface area (Å²) in [5.74, 6) is -1.98. The van der Waals surface area contributed by atoms with Crippen molar-refractivity contribution in [1.82, 2.24) is 0 Å². The lowest BCUT2D eigenvalue weighted by atomic mass is 9.84. The van der Waals surface area contributed by atoms with E-state index in [0.29, 0.717) is 19.3 Å². The second-order valence-electron chi connectivity index (χ2n) is 26.7. The SMILES string of the molecule is CCCCCCCCCCCCCCCC(=O)OCC(COP(=O)(O)OC1C(OC2OC(CO)C(O)C(O)C2O)C(O)C(O)C(O)C1OC1OC(COC(=O)CCCCCCCCCCCCCCC)C(O)C(O)C1O)OC(=O)CCCCCCCCCCCCCCC. The van der Waals surface area contributed by atoms with Crippen LogP contribution in [0.4, 0.5) is 0 Å². The Kier molecular flexibility index (Phi) is 47.7. The molecule has 3 fully saturated rings. The first-order chi connectivity index (χ1) is 45.3. The molecule has 0 aromatic heterocycles. The minimum atomic E-state index is -5.69. The Bertz CT molecular complexity index is 1960. The maximum Gasteiger partial charge on any atom is 0.472 e. The van der Waals surface area contributed by atoms with Crippen LogP contribution in [0.5, 0.6) is 0 Å². The van der Waals surface area contributed by atoms with Crippen LogP contribution in [0.3, 0.4) is 0 Å². The fraction of sp³-hybridized carbons (Fsp3) is 0.957. The number of hydrogen-bond acceptors (Lipinski definition) is 23. The van der Waals surface area contributed by atoms with Gasteiger partial charge in [-0.05, 0) is 19.3 Å². The lowest BCUT2D eigenvalue weighted by Gasteiger charge is -2.49. The largest absolute Gasteiger partial charge is 0.472 e. The summed E-state index contributed by atoms with van der Waals surface area (Å²) in [6.45, 7) is 3.44. The number of phosphoric ester groups is 1. The molecule has 0 bridgehead atoms. The van der Waals surface area contributed by atoms with Crippen LogP contribution < -0.4 is 0 Å². The molecule has 0 radical (unpaired) electrons. The third kappa shape index (κ3) is 35.3. The van der Waals surface area contributed by atoms with E-state index in [1.165, 1.54) is 141 Å². The number of carbonyl (C=O) groups is 3. The molecule has 0 amide bonds. The second-order valence-corrected chi connectivity index (χ2v) is 28.1. The number of ether oxygens (including phenoxy) is 7. The quantitative estimate of drug-likeness (QED) is 0.0117. The third-order valence-electron chi connectivity index (χ3n) is 18.4. The number of phosphoric acid groups is 1. The van der Waals surface area contributed by atoms with Crippen LogP contribution in [-0.4, -0.2) is 204 Å². The normalized spacial score (nSPS) is 28.2. The van der Waals surface area contributed by atoms with Crippen molar-refractivity contribution in [2.75, 3.05) is 26.4 Å². The maximum atomic E-state index is 14.3. The van der Waals surface area contributed by atoms with Crippen molar-refractivity contribution in [2.24, 2.45) is 0 Å². The molecule has 1 aliphatic carbocycles. The predicted octanol–water partition coefficient (Wildman–Crippen LogP) is 9.40. The highest BCUT2D eigenvalue weighted by atomic mass is 31.2. The van der Waals surface area contributed by atoms with E-state index < -0.39 is 156 Å². The lowest BCUT2D eigenvalue weighted by molar-refractivity contribution is -0.360. The fourth-order valence-corrected chi connectivity index (χ4v) is 13.3. The molecule has 25 heteroatoms. The number of unbranched alkanes of at least 4 members (excludes halogenated alkanes) is 36. The molecule has 2 heterocycles. The average molecular weight is 1370 g/mol. The fourth-order valence-electron chi connectivity index (χ4n) is 12.3. The van der Waals surface area contributed by atoms with Crippen molar-refractivity contribution in [3.63, 3.8) is 0 Å². The molecule has 11 N–H and O–H groups in total. The molecule has 94 heavy (non-hydrogen) atoms. The first-order valence-electron chi connectivity index (χ1n) is 36.8. The third-order valence-corrected chi connectivity index (χ3v) is 19.4. The summed E-state index contributed by atoms with van der Waals surface area (Å²) in [5.41, 5.74) is 0. The summed E-state index contributed by atoms with van der Waals surface area (Å²) >= 11 is 0. The summed E-state index contributed by atoms with van der Waals surface area (Å²) in [4.78, 5) is 50.9. The van der Waals surface area contributed by atoms with E-state index in [4.69, 9.17) is 42.2 Å². The van der Waals surface area contributed by atoms with Crippen LogP contribution in [0.25, 0.3) is 0 Å². The van der Waals surface area contributed by atoms with Crippen LogP contribution in [0.2, 0.25) is 0 Å². The van der Waals surface area contributed by atoms with E-state index in [9.17, 15) is 74.9 Å². The van der Waals surface area contributed by atoms with Gasteiger partial charge in [0.05, 0.1) is 13.2 Å². The van der Waals surface area contributed by atoms with E-state index in [2.05, 4.69) is 20.8 Å². The number of rotatable bonds is 57. The second kappa shape index (κ2) is 52.0. The van der Waals surface area contributed by atoms with Crippen molar-refractivity contribution in [3.05, 3.63) is 0 Å². The smallest absolute Gasteiger partial charge is 0.463 e. The number of aliphatic hydroxyl groups is 10. The predicted molar refractivity (Wildman–Crippen MR) is 352 cm³/mol. The molecule has 0 aromatic carbocycles. The number of esters is 3. The molecule has 24 nitrogen and oxygen atoms in total. The Labute approximate surface area is 561 Å². The highest BCUT2D eigenvalue weighted by Gasteiger charge is 2.58. The summed E-state index contributed by atoms with van der Waals surface area (Å²) in [5, 5.41) is 110. The van der Waals surface area contributed by atoms with Gasteiger partial charge in [0.2, 0.25) is 0 Å². The minimum absolute atomic E-state index is 0.0334. The summed E-state index contributed by atoms with van der Waals surface area (Å²) in [6, 6.07) is 0. The van der Waals surface area contributed by atoms with Crippen LogP contribution >= 0.6 is 7.82 Å². The van der Waals surface area contributed by atoms with Crippen LogP contribution in [0.1, 0.15) is 290 Å². The van der Waals surface area contributed by atoms with E-state index in [0.717, 1.165) is 89.9 Å². The van der Waals surface area contributed by atoms with Gasteiger partial charge < -0.3 is 89.1 Å². The molecular weight excluding hydrogens is 1240 g/mol. The summed E-state index contributed by atoms with van der Waals surface area (Å²) in [6.07, 6.45) is 7.54. The van der Waals surface area contributed by atoms with Crippen molar-refractivity contribution >= 4 is 25.7 Å². The lowest BCUT2D eigenvalue weighted by Crippen LogP contribution is -2.69. The van der Waals surface area contributed by atoms with Gasteiger partial charge in [0.1, 0.15) is 98.7 Å². The van der Waals surface area contributed by atoms with Gasteiger partial charge in [0.25, 0.3) is 0 Å². The number of hydrogen-bond donors (Lipinski definition) is 11. The van der Waals surface area contributed by atoms with E-state index in [-0.39, 0.29) is 19.3 Å². The zero-order chi connectivity index (χ0) is 68.9.